The molecule has 0 aliphatic carbocycles. The van der Waals surface area contributed by atoms with Crippen LogP contribution in [0.5, 0.6) is 0 Å². The number of rotatable bonds is 5. The number of imidazole rings is 1. The number of morpholine rings is 1. The van der Waals surface area contributed by atoms with Gasteiger partial charge in [-0.3, -0.25) is 14.6 Å². The number of aromatic amines is 1. The van der Waals surface area contributed by atoms with E-state index >= 15 is 0 Å². The van der Waals surface area contributed by atoms with Crippen LogP contribution in [0.1, 0.15) is 18.7 Å². The molecule has 4 aliphatic heterocycles. The third kappa shape index (κ3) is 3.77. The van der Waals surface area contributed by atoms with Crippen molar-refractivity contribution in [3.63, 3.8) is 0 Å². The standard InChI is InChI=1S/C21H29N5O3/c27-20(21(28)14-26-6-3-15(21)4-7-26)22-16-1-2-17-18(13-16)24-19(23-17)5-8-25-9-11-29-12-10-25/h1-2,13,15,28H,3-12,14H2,(H,22,27)(H,23,24). The second-order valence-corrected chi connectivity index (χ2v) is 8.55. The molecule has 1 unspecified atom stereocenters. The van der Waals surface area contributed by atoms with Crippen LogP contribution in [0.2, 0.25) is 0 Å². The Labute approximate surface area is 170 Å². The van der Waals surface area contributed by atoms with E-state index in [9.17, 15) is 9.90 Å². The molecule has 0 radical (unpaired) electrons. The molecular weight excluding hydrogens is 370 g/mol. The van der Waals surface area contributed by atoms with Gasteiger partial charge in [0.05, 0.1) is 24.2 Å². The highest BCUT2D eigenvalue weighted by Crippen LogP contribution is 2.36. The SMILES string of the molecule is O=C(Nc1ccc2nc(CCN3CCOCC3)[nH]c2c1)C1(O)CN2CCC1CC2. The molecule has 0 saturated carbocycles. The lowest BCUT2D eigenvalue weighted by Crippen LogP contribution is -2.64. The molecule has 4 saturated heterocycles. The second kappa shape index (κ2) is 7.68. The van der Waals surface area contributed by atoms with Crippen LogP contribution in [0.15, 0.2) is 18.2 Å². The highest BCUT2D eigenvalue weighted by atomic mass is 16.5. The molecule has 5 heterocycles. The van der Waals surface area contributed by atoms with Crippen LogP contribution in [-0.2, 0) is 16.0 Å². The van der Waals surface area contributed by atoms with E-state index in [1.807, 2.05) is 18.2 Å². The summed E-state index contributed by atoms with van der Waals surface area (Å²) in [6, 6.07) is 5.68. The highest BCUT2D eigenvalue weighted by molar-refractivity contribution is 5.99. The van der Waals surface area contributed by atoms with Gasteiger partial charge in [-0.15, -0.1) is 0 Å². The van der Waals surface area contributed by atoms with Crippen LogP contribution in [0.3, 0.4) is 0 Å². The first-order valence-electron chi connectivity index (χ1n) is 10.6. The summed E-state index contributed by atoms with van der Waals surface area (Å²) in [5.74, 6) is 0.708. The lowest BCUT2D eigenvalue weighted by atomic mass is 9.75. The third-order valence-electron chi connectivity index (χ3n) is 6.68. The van der Waals surface area contributed by atoms with Crippen molar-refractivity contribution in [3.8, 4) is 0 Å². The number of aliphatic hydroxyl groups is 1. The number of nitrogens with zero attached hydrogens (tertiary/aromatic N) is 3. The first kappa shape index (κ1) is 19.0. The maximum atomic E-state index is 12.9. The molecule has 8 heteroatoms. The smallest absolute Gasteiger partial charge is 0.257 e. The number of anilines is 1. The average Bonchev–Trinajstić information content (AvgIpc) is 3.16. The quantitative estimate of drug-likeness (QED) is 0.690. The van der Waals surface area contributed by atoms with Crippen molar-refractivity contribution in [2.45, 2.75) is 24.9 Å². The van der Waals surface area contributed by atoms with Crippen molar-refractivity contribution in [2.24, 2.45) is 5.92 Å². The van der Waals surface area contributed by atoms with E-state index in [-0.39, 0.29) is 11.8 Å². The average molecular weight is 399 g/mol. The summed E-state index contributed by atoms with van der Waals surface area (Å²) in [6.07, 6.45) is 2.62. The van der Waals surface area contributed by atoms with Gasteiger partial charge in [0, 0.05) is 44.2 Å². The maximum Gasteiger partial charge on any atom is 0.257 e. The first-order valence-corrected chi connectivity index (χ1v) is 10.6. The number of benzene rings is 1. The Morgan fingerprint density at radius 3 is 2.79 bits per heavy atom. The van der Waals surface area contributed by atoms with E-state index in [2.05, 4.69) is 25.1 Å². The van der Waals surface area contributed by atoms with Crippen molar-refractivity contribution < 1.29 is 14.6 Å². The molecule has 2 bridgehead atoms. The fourth-order valence-corrected chi connectivity index (χ4v) is 4.88. The van der Waals surface area contributed by atoms with Gasteiger partial charge in [0.25, 0.3) is 5.91 Å². The number of fused-ring (bicyclic) bond motifs is 4. The summed E-state index contributed by atoms with van der Waals surface area (Å²) in [5, 5.41) is 14.0. The third-order valence-corrected chi connectivity index (χ3v) is 6.68. The van der Waals surface area contributed by atoms with Gasteiger partial charge in [0.15, 0.2) is 5.60 Å². The fraction of sp³-hybridized carbons (Fsp3) is 0.619. The molecule has 0 spiro atoms. The number of amides is 1. The molecule has 6 rings (SSSR count). The Morgan fingerprint density at radius 1 is 1.28 bits per heavy atom. The van der Waals surface area contributed by atoms with Gasteiger partial charge in [-0.05, 0) is 44.1 Å². The summed E-state index contributed by atoms with van der Waals surface area (Å²) in [7, 11) is 0. The number of carbonyl (C=O) groups is 1. The van der Waals surface area contributed by atoms with E-state index < -0.39 is 5.60 Å². The number of piperidine rings is 3. The number of H-pyrrole nitrogens is 1. The Morgan fingerprint density at radius 2 is 2.07 bits per heavy atom. The molecule has 1 atom stereocenters. The number of nitrogens with one attached hydrogen (secondary N) is 2. The second-order valence-electron chi connectivity index (χ2n) is 8.55. The number of hydrogen-bond donors (Lipinski definition) is 3. The molecule has 4 fully saturated rings. The lowest BCUT2D eigenvalue weighted by molar-refractivity contribution is -0.156. The minimum Gasteiger partial charge on any atom is -0.379 e. The van der Waals surface area contributed by atoms with Crippen LogP contribution in [0.4, 0.5) is 5.69 Å². The number of hydrogen-bond acceptors (Lipinski definition) is 6. The molecule has 3 N–H and O–H groups in total. The molecular formula is C21H29N5O3. The number of ether oxygens (including phenoxy) is 1. The molecule has 29 heavy (non-hydrogen) atoms. The Balaban J connectivity index is 1.25. The highest BCUT2D eigenvalue weighted by Gasteiger charge is 2.50. The Kier molecular flexibility index (Phi) is 5.03. The van der Waals surface area contributed by atoms with Gasteiger partial charge < -0.3 is 20.1 Å². The van der Waals surface area contributed by atoms with Crippen molar-refractivity contribution >= 4 is 22.6 Å². The van der Waals surface area contributed by atoms with Crippen LogP contribution in [0, 0.1) is 5.92 Å². The molecule has 4 aliphatic rings. The van der Waals surface area contributed by atoms with E-state index in [0.29, 0.717) is 12.2 Å². The lowest BCUT2D eigenvalue weighted by Gasteiger charge is -2.49. The van der Waals surface area contributed by atoms with E-state index in [0.717, 1.165) is 82.1 Å². The first-order chi connectivity index (χ1) is 14.1. The zero-order valence-electron chi connectivity index (χ0n) is 16.7. The summed E-state index contributed by atoms with van der Waals surface area (Å²) in [5.41, 5.74) is 1.20. The van der Waals surface area contributed by atoms with E-state index in [1.54, 1.807) is 0 Å². The molecule has 2 aromatic rings. The largest absolute Gasteiger partial charge is 0.379 e. The molecule has 8 nitrogen and oxygen atoms in total. The Hall–Kier alpha value is -2.00. The van der Waals surface area contributed by atoms with Crippen molar-refractivity contribution in [1.29, 1.82) is 0 Å². The summed E-state index contributed by atoms with van der Waals surface area (Å²) in [4.78, 5) is 25.5. The van der Waals surface area contributed by atoms with Crippen LogP contribution < -0.4 is 5.32 Å². The van der Waals surface area contributed by atoms with Crippen LogP contribution in [-0.4, -0.2) is 88.9 Å². The minimum absolute atomic E-state index is 0.0511. The monoisotopic (exact) mass is 399 g/mol. The normalized spacial score (nSPS) is 30.0. The van der Waals surface area contributed by atoms with Crippen molar-refractivity contribution in [2.75, 3.05) is 57.8 Å². The van der Waals surface area contributed by atoms with Gasteiger partial charge in [-0.25, -0.2) is 4.98 Å². The van der Waals surface area contributed by atoms with Gasteiger partial charge in [0.1, 0.15) is 5.82 Å². The summed E-state index contributed by atoms with van der Waals surface area (Å²) in [6.45, 7) is 6.89. The molecule has 1 aromatic heterocycles. The zero-order valence-corrected chi connectivity index (χ0v) is 16.7. The van der Waals surface area contributed by atoms with Crippen LogP contribution >= 0.6 is 0 Å². The van der Waals surface area contributed by atoms with E-state index in [4.69, 9.17) is 4.74 Å². The number of aromatic nitrogens is 2. The molecule has 1 aromatic carbocycles. The zero-order chi connectivity index (χ0) is 19.8. The Bertz CT molecular complexity index is 886. The van der Waals surface area contributed by atoms with Gasteiger partial charge in [-0.1, -0.05) is 0 Å². The predicted molar refractivity (Wildman–Crippen MR) is 110 cm³/mol. The predicted octanol–water partition coefficient (Wildman–Crippen LogP) is 0.833. The van der Waals surface area contributed by atoms with E-state index in [1.165, 1.54) is 0 Å². The van der Waals surface area contributed by atoms with Gasteiger partial charge in [-0.2, -0.15) is 0 Å². The fourth-order valence-electron chi connectivity index (χ4n) is 4.88. The van der Waals surface area contributed by atoms with Crippen molar-refractivity contribution in [3.05, 3.63) is 24.0 Å². The maximum absolute atomic E-state index is 12.9. The van der Waals surface area contributed by atoms with Crippen molar-refractivity contribution in [1.82, 2.24) is 19.8 Å². The topological polar surface area (TPSA) is 93.7 Å². The molecule has 1 amide bonds. The summed E-state index contributed by atoms with van der Waals surface area (Å²) >= 11 is 0. The molecule has 156 valence electrons. The number of carbonyl (C=O) groups excluding carboxylic acids is 1. The minimum atomic E-state index is -1.29. The van der Waals surface area contributed by atoms with Gasteiger partial charge >= 0.3 is 0 Å². The summed E-state index contributed by atoms with van der Waals surface area (Å²) < 4.78 is 5.39. The van der Waals surface area contributed by atoms with Crippen LogP contribution in [0.25, 0.3) is 11.0 Å². The van der Waals surface area contributed by atoms with Gasteiger partial charge in [0.2, 0.25) is 0 Å².